The topological polar surface area (TPSA) is 41.5 Å². The van der Waals surface area contributed by atoms with Gasteiger partial charge >= 0.3 is 0 Å². The molecule has 2 aromatic heterocycles. The standard InChI is InChI=1S/C58H70BN2O2/c1-14-44-45(56(8,9)27-26-55(44,6)7)24-31-60-30-18-32-61(49-20-17-22-51-53(49)41-19-15-16-21-50(41)63-51)40(33-42-38(2)23-25-54(4,5)39(42)3)36-59-48-37-62-52-35-47-46(34-43(48)52)57(10,11)28-29-58(47,12)13/h14-22,24,31-38,60H,1,3,23,25-30H2,2,4-13H3/b31-24+,32-18+,40-36-,42-33-. The maximum absolute atomic E-state index is 6.49. The summed E-state index contributed by atoms with van der Waals surface area (Å²) in [5, 5.41) is 6.95. The van der Waals surface area contributed by atoms with Gasteiger partial charge in [-0.15, -0.1) is 0 Å². The van der Waals surface area contributed by atoms with Crippen LogP contribution in [0.2, 0.25) is 0 Å². The van der Waals surface area contributed by atoms with Crippen molar-refractivity contribution in [1.29, 1.82) is 0 Å². The average molecular weight is 838 g/mol. The molecule has 327 valence electrons. The van der Waals surface area contributed by atoms with Gasteiger partial charge in [0.15, 0.2) is 7.28 Å². The van der Waals surface area contributed by atoms with Crippen molar-refractivity contribution < 1.29 is 8.83 Å². The van der Waals surface area contributed by atoms with Gasteiger partial charge in [0.05, 0.1) is 17.3 Å². The van der Waals surface area contributed by atoms with Crippen molar-refractivity contribution in [3.63, 3.8) is 0 Å². The number of para-hydroxylation sites is 1. The Bertz CT molecular complexity index is 2750. The van der Waals surface area contributed by atoms with Crippen molar-refractivity contribution in [3.05, 3.63) is 156 Å². The highest BCUT2D eigenvalue weighted by molar-refractivity contribution is 6.62. The molecule has 1 N–H and O–H groups in total. The minimum Gasteiger partial charge on any atom is -0.465 e. The number of hydrogen-bond acceptors (Lipinski definition) is 4. The number of anilines is 1. The lowest BCUT2D eigenvalue weighted by molar-refractivity contribution is 0.273. The molecule has 1 atom stereocenters. The van der Waals surface area contributed by atoms with E-state index in [0.717, 1.165) is 88.3 Å². The van der Waals surface area contributed by atoms with Gasteiger partial charge in [-0.25, -0.2) is 0 Å². The molecule has 4 nitrogen and oxygen atoms in total. The number of benzene rings is 3. The fourth-order valence-electron chi connectivity index (χ4n) is 10.6. The van der Waals surface area contributed by atoms with Gasteiger partial charge in [-0.05, 0) is 165 Å². The maximum atomic E-state index is 6.49. The third kappa shape index (κ3) is 8.38. The normalized spacial score (nSPS) is 22.4. The Morgan fingerprint density at radius 1 is 0.778 bits per heavy atom. The first-order chi connectivity index (χ1) is 29.7. The van der Waals surface area contributed by atoms with Gasteiger partial charge in [0, 0.05) is 29.2 Å². The first kappa shape index (κ1) is 44.5. The molecule has 3 aliphatic carbocycles. The molecule has 0 amide bonds. The van der Waals surface area contributed by atoms with Gasteiger partial charge in [0.2, 0.25) is 0 Å². The molecule has 3 aromatic carbocycles. The second-order valence-electron chi connectivity index (χ2n) is 22.1. The molecule has 1 fully saturated rings. The maximum Gasteiger partial charge on any atom is 0.189 e. The summed E-state index contributed by atoms with van der Waals surface area (Å²) in [7, 11) is 2.25. The van der Waals surface area contributed by atoms with E-state index in [0.29, 0.717) is 12.5 Å². The van der Waals surface area contributed by atoms with Crippen molar-refractivity contribution >= 4 is 51.3 Å². The molecule has 0 saturated heterocycles. The van der Waals surface area contributed by atoms with Crippen LogP contribution in [0.25, 0.3) is 32.9 Å². The molecule has 0 bridgehead atoms. The number of rotatable bonds is 11. The predicted octanol–water partition coefficient (Wildman–Crippen LogP) is 15.2. The molecule has 5 aromatic rings. The molecular formula is C58H70BN2O2. The zero-order chi connectivity index (χ0) is 45.1. The largest absolute Gasteiger partial charge is 0.465 e. The first-order valence-corrected chi connectivity index (χ1v) is 23.4. The molecule has 3 aliphatic rings. The SMILES string of the molecule is C=CC1=C(/C=C/NC/C=C/N(C(/C=C2\C(=C)C(C)(C)CCC2C)=C\[B]c2coc3cc4c(cc23)C(C)(C)CCC4(C)C)c2cccc3oc4ccccc4c23)C(C)(C)CCC1(C)C. The number of fused-ring (bicyclic) bond motifs is 5. The van der Waals surface area contributed by atoms with Gasteiger partial charge in [0.25, 0.3) is 0 Å². The van der Waals surface area contributed by atoms with E-state index < -0.39 is 0 Å². The predicted molar refractivity (Wildman–Crippen MR) is 271 cm³/mol. The lowest BCUT2D eigenvalue weighted by Gasteiger charge is -2.42. The van der Waals surface area contributed by atoms with Crippen molar-refractivity contribution in [2.75, 3.05) is 11.4 Å². The van der Waals surface area contributed by atoms with E-state index in [1.165, 1.54) is 33.4 Å². The number of hydrogen-bond donors (Lipinski definition) is 1. The van der Waals surface area contributed by atoms with Crippen LogP contribution in [-0.2, 0) is 10.8 Å². The summed E-state index contributed by atoms with van der Waals surface area (Å²) < 4.78 is 12.9. The first-order valence-electron chi connectivity index (χ1n) is 23.4. The zero-order valence-electron chi connectivity index (χ0n) is 40.1. The molecule has 1 radical (unpaired) electrons. The van der Waals surface area contributed by atoms with Crippen LogP contribution in [0.4, 0.5) is 5.69 Å². The summed E-state index contributed by atoms with van der Waals surface area (Å²) in [5.41, 5.74) is 14.3. The lowest BCUT2D eigenvalue weighted by Crippen LogP contribution is -2.33. The highest BCUT2D eigenvalue weighted by Gasteiger charge is 2.39. The molecule has 8 rings (SSSR count). The Balaban J connectivity index is 1.24. The monoisotopic (exact) mass is 838 g/mol. The van der Waals surface area contributed by atoms with E-state index >= 15 is 0 Å². The van der Waals surface area contributed by atoms with E-state index in [-0.39, 0.29) is 27.1 Å². The zero-order valence-corrected chi connectivity index (χ0v) is 40.1. The Hall–Kier alpha value is -5.16. The van der Waals surface area contributed by atoms with Crippen LogP contribution >= 0.6 is 0 Å². The molecular weight excluding hydrogens is 767 g/mol. The minimum absolute atomic E-state index is 0.00825. The summed E-state index contributed by atoms with van der Waals surface area (Å²) in [5.74, 6) is 2.65. The summed E-state index contributed by atoms with van der Waals surface area (Å²) in [6, 6.07) is 19.5. The molecule has 2 heterocycles. The average Bonchev–Trinajstić information content (AvgIpc) is 3.83. The van der Waals surface area contributed by atoms with Gasteiger partial charge in [-0.1, -0.05) is 126 Å². The number of furan rings is 2. The summed E-state index contributed by atoms with van der Waals surface area (Å²) in [6.45, 7) is 35.6. The summed E-state index contributed by atoms with van der Waals surface area (Å²) >= 11 is 0. The minimum atomic E-state index is 0.00825. The van der Waals surface area contributed by atoms with E-state index in [4.69, 9.17) is 15.4 Å². The highest BCUT2D eigenvalue weighted by atomic mass is 16.3. The quantitative estimate of drug-likeness (QED) is 0.106. The van der Waals surface area contributed by atoms with Crippen LogP contribution in [-0.4, -0.2) is 13.8 Å². The molecule has 1 saturated carbocycles. The van der Waals surface area contributed by atoms with Crippen LogP contribution < -0.4 is 15.7 Å². The van der Waals surface area contributed by atoms with Crippen molar-refractivity contribution in [3.8, 4) is 0 Å². The second-order valence-corrected chi connectivity index (χ2v) is 22.1. The number of nitrogens with one attached hydrogen (secondary N) is 1. The number of nitrogens with zero attached hydrogens (tertiary/aromatic N) is 1. The second kappa shape index (κ2) is 16.4. The molecule has 5 heteroatoms. The van der Waals surface area contributed by atoms with E-state index in [2.05, 4.69) is 191 Å². The van der Waals surface area contributed by atoms with Crippen LogP contribution in [0.15, 0.2) is 154 Å². The lowest BCUT2D eigenvalue weighted by atomic mass is 9.62. The van der Waals surface area contributed by atoms with Crippen molar-refractivity contribution in [2.45, 2.75) is 126 Å². The number of allylic oxidation sites excluding steroid dienone is 7. The van der Waals surface area contributed by atoms with Crippen LogP contribution in [0.3, 0.4) is 0 Å². The van der Waals surface area contributed by atoms with Gasteiger partial charge in [0.1, 0.15) is 16.7 Å². The van der Waals surface area contributed by atoms with Gasteiger partial charge in [-0.2, -0.15) is 0 Å². The summed E-state index contributed by atoms with van der Waals surface area (Å²) in [4.78, 5) is 2.35. The van der Waals surface area contributed by atoms with Crippen LogP contribution in [0.5, 0.6) is 0 Å². The Labute approximate surface area is 378 Å². The van der Waals surface area contributed by atoms with E-state index in [1.807, 2.05) is 12.3 Å². The van der Waals surface area contributed by atoms with Crippen LogP contribution in [0, 0.1) is 22.2 Å². The van der Waals surface area contributed by atoms with E-state index in [1.54, 1.807) is 0 Å². The fraction of sp³-hybridized carbons (Fsp3) is 0.414. The Morgan fingerprint density at radius 2 is 1.44 bits per heavy atom. The summed E-state index contributed by atoms with van der Waals surface area (Å²) in [6.07, 6.45) is 22.1. The molecule has 1 unspecified atom stereocenters. The van der Waals surface area contributed by atoms with E-state index in [9.17, 15) is 0 Å². The van der Waals surface area contributed by atoms with Gasteiger partial charge < -0.3 is 19.1 Å². The van der Waals surface area contributed by atoms with Crippen LogP contribution in [0.1, 0.15) is 126 Å². The highest BCUT2D eigenvalue weighted by Crippen LogP contribution is 2.50. The molecule has 0 aliphatic heterocycles. The van der Waals surface area contributed by atoms with Crippen molar-refractivity contribution in [2.24, 2.45) is 22.2 Å². The van der Waals surface area contributed by atoms with Gasteiger partial charge in [-0.3, -0.25) is 0 Å². The van der Waals surface area contributed by atoms with Crippen molar-refractivity contribution in [1.82, 2.24) is 5.32 Å². The smallest absolute Gasteiger partial charge is 0.189 e. The molecule has 63 heavy (non-hydrogen) atoms. The Morgan fingerprint density at radius 3 is 2.17 bits per heavy atom. The third-order valence-corrected chi connectivity index (χ3v) is 15.3. The molecule has 0 spiro atoms. The third-order valence-electron chi connectivity index (χ3n) is 15.3. The fourth-order valence-corrected chi connectivity index (χ4v) is 10.6. The Kier molecular flexibility index (Phi) is 11.6.